The number of likely N-dealkylation sites (N-methyl/N-ethyl adjacent to an activating group) is 2. The van der Waals surface area contributed by atoms with E-state index in [-0.39, 0.29) is 23.8 Å². The number of hydrogen-bond acceptors (Lipinski definition) is 4. The third kappa shape index (κ3) is 3.14. The molecule has 22 heavy (non-hydrogen) atoms. The van der Waals surface area contributed by atoms with E-state index >= 15 is 0 Å². The lowest BCUT2D eigenvalue weighted by atomic mass is 10.0. The number of rotatable bonds is 3. The number of benzene rings is 1. The molecular weight excluding hydrogens is 283 g/mol. The van der Waals surface area contributed by atoms with Crippen molar-refractivity contribution in [3.63, 3.8) is 0 Å². The highest BCUT2D eigenvalue weighted by Gasteiger charge is 2.35. The number of carbonyl (C=O) groups is 1. The second-order valence-corrected chi connectivity index (χ2v) is 6.33. The standard InChI is InChI=1S/C16H23FN4O/c1-20-8-7-13(10-20)21(2)16(22)15-9-14(18-19-15)11-3-5-12(17)6-4-11/h3-6,13-15,18-19H,7-10H2,1-2H3. The van der Waals surface area contributed by atoms with Crippen LogP contribution in [0.5, 0.6) is 0 Å². The van der Waals surface area contributed by atoms with Crippen LogP contribution < -0.4 is 10.9 Å². The van der Waals surface area contributed by atoms with E-state index in [1.54, 1.807) is 12.1 Å². The SMILES string of the molecule is CN1CCC(N(C)C(=O)C2CC(c3ccc(F)cc3)NN2)C1. The molecule has 3 atom stereocenters. The van der Waals surface area contributed by atoms with Crippen molar-refractivity contribution in [1.82, 2.24) is 20.7 Å². The summed E-state index contributed by atoms with van der Waals surface area (Å²) < 4.78 is 13.0. The van der Waals surface area contributed by atoms with Gasteiger partial charge in [0.15, 0.2) is 0 Å². The summed E-state index contributed by atoms with van der Waals surface area (Å²) in [6.07, 6.45) is 1.71. The quantitative estimate of drug-likeness (QED) is 0.871. The molecule has 2 aliphatic rings. The first kappa shape index (κ1) is 15.4. The Hall–Kier alpha value is -1.50. The van der Waals surface area contributed by atoms with Crippen LogP contribution in [0.3, 0.4) is 0 Å². The van der Waals surface area contributed by atoms with Crippen molar-refractivity contribution in [3.8, 4) is 0 Å². The number of halogens is 1. The molecule has 0 radical (unpaired) electrons. The van der Waals surface area contributed by atoms with Crippen LogP contribution in [0.1, 0.15) is 24.4 Å². The zero-order valence-electron chi connectivity index (χ0n) is 13.1. The van der Waals surface area contributed by atoms with Gasteiger partial charge in [0.1, 0.15) is 11.9 Å². The topological polar surface area (TPSA) is 47.6 Å². The molecule has 2 N–H and O–H groups in total. The number of hydrogen-bond donors (Lipinski definition) is 2. The van der Waals surface area contributed by atoms with Gasteiger partial charge >= 0.3 is 0 Å². The minimum atomic E-state index is -0.243. The molecule has 0 bridgehead atoms. The van der Waals surface area contributed by atoms with Crippen LogP contribution in [0, 0.1) is 5.82 Å². The molecule has 3 rings (SSSR count). The van der Waals surface area contributed by atoms with Crippen molar-refractivity contribution in [3.05, 3.63) is 35.6 Å². The molecule has 1 aromatic carbocycles. The fraction of sp³-hybridized carbons (Fsp3) is 0.562. The maximum absolute atomic E-state index is 13.0. The van der Waals surface area contributed by atoms with E-state index in [2.05, 4.69) is 22.8 Å². The van der Waals surface area contributed by atoms with Gasteiger partial charge in [-0.15, -0.1) is 0 Å². The van der Waals surface area contributed by atoms with Crippen LogP contribution in [-0.4, -0.2) is 55.0 Å². The predicted molar refractivity (Wildman–Crippen MR) is 82.5 cm³/mol. The Balaban J connectivity index is 1.59. The van der Waals surface area contributed by atoms with Crippen molar-refractivity contribution >= 4 is 5.91 Å². The zero-order chi connectivity index (χ0) is 15.7. The van der Waals surface area contributed by atoms with Crippen LogP contribution in [0.25, 0.3) is 0 Å². The third-order valence-electron chi connectivity index (χ3n) is 4.74. The lowest BCUT2D eigenvalue weighted by molar-refractivity contribution is -0.133. The summed E-state index contributed by atoms with van der Waals surface area (Å²) in [5.41, 5.74) is 7.23. The molecule has 0 aromatic heterocycles. The number of hydrazine groups is 1. The van der Waals surface area contributed by atoms with Gasteiger partial charge in [-0.05, 0) is 44.1 Å². The number of carbonyl (C=O) groups excluding carboxylic acids is 1. The minimum absolute atomic E-state index is 0.0363. The molecule has 2 aliphatic heterocycles. The molecule has 2 saturated heterocycles. The normalized spacial score (nSPS) is 29.0. The largest absolute Gasteiger partial charge is 0.340 e. The Labute approximate surface area is 130 Å². The first-order valence-electron chi connectivity index (χ1n) is 7.76. The highest BCUT2D eigenvalue weighted by atomic mass is 19.1. The van der Waals surface area contributed by atoms with Gasteiger partial charge in [-0.2, -0.15) is 0 Å². The molecule has 6 heteroatoms. The second-order valence-electron chi connectivity index (χ2n) is 6.33. The van der Waals surface area contributed by atoms with E-state index in [1.165, 1.54) is 12.1 Å². The molecule has 2 fully saturated rings. The smallest absolute Gasteiger partial charge is 0.241 e. The third-order valence-corrected chi connectivity index (χ3v) is 4.74. The molecule has 3 unspecified atom stereocenters. The van der Waals surface area contributed by atoms with Gasteiger partial charge in [-0.3, -0.25) is 4.79 Å². The fourth-order valence-electron chi connectivity index (χ4n) is 3.29. The first-order valence-corrected chi connectivity index (χ1v) is 7.76. The summed E-state index contributed by atoms with van der Waals surface area (Å²) in [5.74, 6) is -0.121. The van der Waals surface area contributed by atoms with Gasteiger partial charge in [0, 0.05) is 25.7 Å². The average Bonchev–Trinajstić information content (AvgIpc) is 3.15. The summed E-state index contributed by atoms with van der Waals surface area (Å²) >= 11 is 0. The fourth-order valence-corrected chi connectivity index (χ4v) is 3.29. The van der Waals surface area contributed by atoms with Crippen LogP contribution in [0.4, 0.5) is 4.39 Å². The molecule has 5 nitrogen and oxygen atoms in total. The summed E-state index contributed by atoms with van der Waals surface area (Å²) in [5, 5.41) is 0. The molecular formula is C16H23FN4O. The van der Waals surface area contributed by atoms with Crippen LogP contribution >= 0.6 is 0 Å². The summed E-state index contributed by atoms with van der Waals surface area (Å²) in [7, 11) is 3.97. The Morgan fingerprint density at radius 2 is 2.05 bits per heavy atom. The molecule has 0 spiro atoms. The summed E-state index contributed by atoms with van der Waals surface area (Å²) in [6, 6.07) is 6.53. The highest BCUT2D eigenvalue weighted by Crippen LogP contribution is 2.24. The van der Waals surface area contributed by atoms with Gasteiger partial charge in [-0.1, -0.05) is 12.1 Å². The minimum Gasteiger partial charge on any atom is -0.340 e. The summed E-state index contributed by atoms with van der Waals surface area (Å²) in [4.78, 5) is 16.7. The first-order chi connectivity index (χ1) is 10.5. The number of nitrogens with zero attached hydrogens (tertiary/aromatic N) is 2. The van der Waals surface area contributed by atoms with Crippen molar-refractivity contribution in [1.29, 1.82) is 0 Å². The second kappa shape index (κ2) is 6.32. The van der Waals surface area contributed by atoms with E-state index in [9.17, 15) is 9.18 Å². The van der Waals surface area contributed by atoms with Gasteiger partial charge in [0.05, 0.1) is 0 Å². The lowest BCUT2D eigenvalue weighted by Crippen LogP contribution is -2.48. The molecule has 1 amide bonds. The van der Waals surface area contributed by atoms with Gasteiger partial charge in [-0.25, -0.2) is 15.2 Å². The Kier molecular flexibility index (Phi) is 4.42. The monoisotopic (exact) mass is 306 g/mol. The molecule has 2 heterocycles. The number of likely N-dealkylation sites (tertiary alicyclic amines) is 1. The molecule has 1 aromatic rings. The van der Waals surface area contributed by atoms with Crippen LogP contribution in [0.2, 0.25) is 0 Å². The van der Waals surface area contributed by atoms with Crippen molar-refractivity contribution in [2.24, 2.45) is 0 Å². The van der Waals surface area contributed by atoms with E-state index in [1.807, 2.05) is 11.9 Å². The van der Waals surface area contributed by atoms with Crippen molar-refractivity contribution in [2.75, 3.05) is 27.2 Å². The molecule has 0 saturated carbocycles. The maximum atomic E-state index is 13.0. The van der Waals surface area contributed by atoms with E-state index in [0.29, 0.717) is 12.5 Å². The Morgan fingerprint density at radius 1 is 1.32 bits per heavy atom. The maximum Gasteiger partial charge on any atom is 0.241 e. The van der Waals surface area contributed by atoms with E-state index in [4.69, 9.17) is 0 Å². The van der Waals surface area contributed by atoms with Crippen LogP contribution in [0.15, 0.2) is 24.3 Å². The summed E-state index contributed by atoms with van der Waals surface area (Å²) in [6.45, 7) is 1.97. The van der Waals surface area contributed by atoms with Crippen molar-refractivity contribution < 1.29 is 9.18 Å². The lowest BCUT2D eigenvalue weighted by Gasteiger charge is -2.27. The predicted octanol–water partition coefficient (Wildman–Crippen LogP) is 0.896. The van der Waals surface area contributed by atoms with Crippen LogP contribution in [-0.2, 0) is 4.79 Å². The Bertz CT molecular complexity index is 535. The molecule has 120 valence electrons. The van der Waals surface area contributed by atoms with Gasteiger partial charge < -0.3 is 9.80 Å². The van der Waals surface area contributed by atoms with E-state index in [0.717, 1.165) is 25.1 Å². The Morgan fingerprint density at radius 3 is 2.68 bits per heavy atom. The van der Waals surface area contributed by atoms with Gasteiger partial charge in [0.25, 0.3) is 0 Å². The van der Waals surface area contributed by atoms with E-state index < -0.39 is 0 Å². The molecule has 0 aliphatic carbocycles. The number of amides is 1. The van der Waals surface area contributed by atoms with Crippen molar-refractivity contribution in [2.45, 2.75) is 31.0 Å². The number of nitrogens with one attached hydrogen (secondary N) is 2. The average molecular weight is 306 g/mol. The highest BCUT2D eigenvalue weighted by molar-refractivity contribution is 5.82. The zero-order valence-corrected chi connectivity index (χ0v) is 13.1. The van der Waals surface area contributed by atoms with Gasteiger partial charge in [0.2, 0.25) is 5.91 Å².